The van der Waals surface area contributed by atoms with Crippen LogP contribution in [0.3, 0.4) is 0 Å². The van der Waals surface area contributed by atoms with Gasteiger partial charge in [0.15, 0.2) is 10.7 Å². The number of benzene rings is 2. The van der Waals surface area contributed by atoms with Gasteiger partial charge in [-0.3, -0.25) is 9.10 Å². The number of anilines is 2. The number of carbonyl (C=O) groups is 1. The Hall–Kier alpha value is -2.91. The molecule has 0 fully saturated rings. The van der Waals surface area contributed by atoms with Gasteiger partial charge in [0.05, 0.1) is 11.4 Å². The molecule has 3 rings (SSSR count). The van der Waals surface area contributed by atoms with Crippen LogP contribution in [0.4, 0.5) is 15.8 Å². The zero-order chi connectivity index (χ0) is 22.1. The largest absolute Gasteiger partial charge is 0.360 e. The zero-order valence-electron chi connectivity index (χ0n) is 16.4. The first-order valence-electron chi connectivity index (χ1n) is 8.87. The number of carbonyl (C=O) groups excluding carboxylic acids is 1. The van der Waals surface area contributed by atoms with E-state index in [9.17, 15) is 17.6 Å². The molecule has 3 aromatic rings. The molecule has 1 amide bonds. The Bertz CT molecular complexity index is 1170. The Morgan fingerprint density at radius 1 is 1.17 bits per heavy atom. The summed E-state index contributed by atoms with van der Waals surface area (Å²) in [7, 11) is -4.19. The van der Waals surface area contributed by atoms with E-state index in [1.807, 2.05) is 6.92 Å². The number of amides is 1. The second-order valence-corrected chi connectivity index (χ2v) is 8.91. The standard InChI is InChI=1S/C20H19ClFN3O4S/c1-12-4-7-16(8-5-12)25(30(27,28)20-13(2)24-29-14(20)3)11-19(26)23-18-9-6-15(21)10-17(18)22/h4-10H,11H2,1-3H3,(H,23,26). The maximum atomic E-state index is 14.0. The van der Waals surface area contributed by atoms with Gasteiger partial charge in [-0.1, -0.05) is 34.5 Å². The van der Waals surface area contributed by atoms with Crippen molar-refractivity contribution < 1.29 is 22.1 Å². The molecule has 0 bridgehead atoms. The van der Waals surface area contributed by atoms with Crippen LogP contribution in [0.5, 0.6) is 0 Å². The van der Waals surface area contributed by atoms with Crippen molar-refractivity contribution in [1.82, 2.24) is 5.16 Å². The Morgan fingerprint density at radius 3 is 2.40 bits per heavy atom. The minimum Gasteiger partial charge on any atom is -0.360 e. The van der Waals surface area contributed by atoms with E-state index in [0.717, 1.165) is 15.9 Å². The normalized spacial score (nSPS) is 11.4. The number of hydrogen-bond donors (Lipinski definition) is 1. The minimum atomic E-state index is -4.19. The van der Waals surface area contributed by atoms with Gasteiger partial charge in [-0.2, -0.15) is 0 Å². The highest BCUT2D eigenvalue weighted by atomic mass is 35.5. The van der Waals surface area contributed by atoms with Crippen LogP contribution < -0.4 is 9.62 Å². The molecule has 0 saturated heterocycles. The number of sulfonamides is 1. The van der Waals surface area contributed by atoms with Gasteiger partial charge in [-0.05, 0) is 51.1 Å². The molecule has 10 heteroatoms. The van der Waals surface area contributed by atoms with Gasteiger partial charge in [0.25, 0.3) is 10.0 Å². The van der Waals surface area contributed by atoms with E-state index in [2.05, 4.69) is 10.5 Å². The molecule has 7 nitrogen and oxygen atoms in total. The molecule has 0 saturated carbocycles. The molecule has 0 aliphatic rings. The molecule has 1 N–H and O–H groups in total. The average Bonchev–Trinajstić information content (AvgIpc) is 3.02. The topological polar surface area (TPSA) is 92.5 Å². The van der Waals surface area contributed by atoms with Crippen molar-refractivity contribution in [3.05, 3.63) is 70.3 Å². The maximum absolute atomic E-state index is 14.0. The lowest BCUT2D eigenvalue weighted by molar-refractivity contribution is -0.114. The second kappa shape index (κ2) is 8.45. The molecule has 0 atom stereocenters. The van der Waals surface area contributed by atoms with Crippen LogP contribution in [0.25, 0.3) is 0 Å². The maximum Gasteiger partial charge on any atom is 0.270 e. The lowest BCUT2D eigenvalue weighted by Crippen LogP contribution is -2.38. The first-order valence-corrected chi connectivity index (χ1v) is 10.7. The third-order valence-corrected chi connectivity index (χ3v) is 6.58. The Morgan fingerprint density at radius 2 is 1.83 bits per heavy atom. The zero-order valence-corrected chi connectivity index (χ0v) is 18.0. The van der Waals surface area contributed by atoms with Gasteiger partial charge >= 0.3 is 0 Å². The van der Waals surface area contributed by atoms with Gasteiger partial charge < -0.3 is 9.84 Å². The summed E-state index contributed by atoms with van der Waals surface area (Å²) in [5, 5.41) is 6.25. The predicted molar refractivity (Wildman–Crippen MR) is 112 cm³/mol. The van der Waals surface area contributed by atoms with Gasteiger partial charge in [0.1, 0.15) is 18.1 Å². The molecule has 1 heterocycles. The van der Waals surface area contributed by atoms with Crippen molar-refractivity contribution in [3.63, 3.8) is 0 Å². The first-order chi connectivity index (χ1) is 14.1. The van der Waals surface area contributed by atoms with Crippen molar-refractivity contribution in [1.29, 1.82) is 0 Å². The number of hydrogen-bond acceptors (Lipinski definition) is 5. The Labute approximate surface area is 178 Å². The lowest BCUT2D eigenvalue weighted by Gasteiger charge is -2.24. The van der Waals surface area contributed by atoms with Crippen molar-refractivity contribution >= 4 is 38.9 Å². The van der Waals surface area contributed by atoms with Crippen LogP contribution in [0.2, 0.25) is 5.02 Å². The number of aryl methyl sites for hydroxylation is 3. The van der Waals surface area contributed by atoms with Gasteiger partial charge in [0.2, 0.25) is 5.91 Å². The number of nitrogens with one attached hydrogen (secondary N) is 1. The smallest absolute Gasteiger partial charge is 0.270 e. The third kappa shape index (κ3) is 4.47. The highest BCUT2D eigenvalue weighted by Gasteiger charge is 2.33. The number of nitrogens with zero attached hydrogens (tertiary/aromatic N) is 2. The van der Waals surface area contributed by atoms with Gasteiger partial charge in [-0.15, -0.1) is 0 Å². The quantitative estimate of drug-likeness (QED) is 0.605. The molecule has 158 valence electrons. The molecule has 30 heavy (non-hydrogen) atoms. The summed E-state index contributed by atoms with van der Waals surface area (Å²) in [4.78, 5) is 12.5. The van der Waals surface area contributed by atoms with E-state index in [4.69, 9.17) is 16.1 Å². The number of halogens is 2. The van der Waals surface area contributed by atoms with Crippen LogP contribution in [-0.2, 0) is 14.8 Å². The van der Waals surface area contributed by atoms with Crippen LogP contribution in [0.1, 0.15) is 17.0 Å². The fourth-order valence-electron chi connectivity index (χ4n) is 2.89. The molecule has 0 aliphatic heterocycles. The molecule has 0 spiro atoms. The molecule has 0 unspecified atom stereocenters. The van der Waals surface area contributed by atoms with Crippen LogP contribution >= 0.6 is 11.6 Å². The summed E-state index contributed by atoms with van der Waals surface area (Å²) >= 11 is 5.72. The van der Waals surface area contributed by atoms with Gasteiger partial charge in [-0.25, -0.2) is 12.8 Å². The summed E-state index contributed by atoms with van der Waals surface area (Å²) in [5.74, 6) is -1.35. The van der Waals surface area contributed by atoms with Crippen molar-refractivity contribution in [2.75, 3.05) is 16.2 Å². The Balaban J connectivity index is 1.98. The van der Waals surface area contributed by atoms with Crippen LogP contribution in [0, 0.1) is 26.6 Å². The van der Waals surface area contributed by atoms with E-state index in [1.54, 1.807) is 24.3 Å². The molecule has 2 aromatic carbocycles. The average molecular weight is 452 g/mol. The molecule has 0 radical (unpaired) electrons. The first kappa shape index (κ1) is 21.8. The summed E-state index contributed by atoms with van der Waals surface area (Å²) in [6.07, 6.45) is 0. The van der Waals surface area contributed by atoms with Crippen molar-refractivity contribution in [2.45, 2.75) is 25.7 Å². The predicted octanol–water partition coefficient (Wildman–Crippen LogP) is 4.23. The Kier molecular flexibility index (Phi) is 6.14. The molecule has 1 aromatic heterocycles. The van der Waals surface area contributed by atoms with E-state index in [-0.39, 0.29) is 32.7 Å². The monoisotopic (exact) mass is 451 g/mol. The summed E-state index contributed by atoms with van der Waals surface area (Å²) in [5.41, 5.74) is 1.25. The highest BCUT2D eigenvalue weighted by Crippen LogP contribution is 2.28. The van der Waals surface area contributed by atoms with E-state index >= 15 is 0 Å². The third-order valence-electron chi connectivity index (χ3n) is 4.33. The van der Waals surface area contributed by atoms with Crippen molar-refractivity contribution in [2.24, 2.45) is 0 Å². The fraction of sp³-hybridized carbons (Fsp3) is 0.200. The summed E-state index contributed by atoms with van der Waals surface area (Å²) < 4.78 is 46.7. The summed E-state index contributed by atoms with van der Waals surface area (Å²) in [6, 6.07) is 10.4. The molecule has 0 aliphatic carbocycles. The SMILES string of the molecule is Cc1ccc(N(CC(=O)Nc2ccc(Cl)cc2F)S(=O)(=O)c2c(C)noc2C)cc1. The summed E-state index contributed by atoms with van der Waals surface area (Å²) in [6.45, 7) is 4.24. The van der Waals surface area contributed by atoms with Crippen molar-refractivity contribution in [3.8, 4) is 0 Å². The van der Waals surface area contributed by atoms with E-state index in [0.29, 0.717) is 0 Å². The number of aromatic nitrogens is 1. The molecular formula is C20H19ClFN3O4S. The second-order valence-electron chi connectivity index (χ2n) is 6.67. The lowest BCUT2D eigenvalue weighted by atomic mass is 10.2. The fourth-order valence-corrected chi connectivity index (χ4v) is 4.77. The molecular weight excluding hydrogens is 433 g/mol. The van der Waals surface area contributed by atoms with Crippen LogP contribution in [0.15, 0.2) is 51.9 Å². The van der Waals surface area contributed by atoms with Gasteiger partial charge in [0, 0.05) is 5.02 Å². The van der Waals surface area contributed by atoms with E-state index in [1.165, 1.54) is 26.0 Å². The van der Waals surface area contributed by atoms with Crippen LogP contribution in [-0.4, -0.2) is 26.0 Å². The van der Waals surface area contributed by atoms with E-state index < -0.39 is 28.3 Å². The minimum absolute atomic E-state index is 0.105. The highest BCUT2D eigenvalue weighted by molar-refractivity contribution is 7.93. The number of rotatable bonds is 6.